The summed E-state index contributed by atoms with van der Waals surface area (Å²) >= 11 is 0. The number of H-pyrrole nitrogens is 2. The van der Waals surface area contributed by atoms with Crippen LogP contribution in [0.15, 0.2) is 152 Å². The molecule has 102 heavy (non-hydrogen) atoms. The van der Waals surface area contributed by atoms with Crippen LogP contribution < -0.4 is 0 Å². The third-order valence-electron chi connectivity index (χ3n) is 19.7. The summed E-state index contributed by atoms with van der Waals surface area (Å²) in [6.45, 7) is 46.5. The van der Waals surface area contributed by atoms with Gasteiger partial charge in [0.25, 0.3) is 0 Å². The molecule has 3 aromatic heterocycles. The van der Waals surface area contributed by atoms with E-state index in [2.05, 4.69) is 286 Å². The Kier molecular flexibility index (Phi) is 17.7. The van der Waals surface area contributed by atoms with Crippen LogP contribution in [-0.4, -0.2) is 64.0 Å². The summed E-state index contributed by atoms with van der Waals surface area (Å²) in [5, 5.41) is 3.47. The quantitative estimate of drug-likeness (QED) is 0.0766. The molecular weight excluding hydrogens is 1260 g/mol. The van der Waals surface area contributed by atoms with Crippen molar-refractivity contribution in [2.45, 2.75) is 203 Å². The van der Waals surface area contributed by atoms with Gasteiger partial charge in [0, 0.05) is 43.8 Å². The number of carbonyl (C=O) groups excluding carboxylic acids is 2. The van der Waals surface area contributed by atoms with Crippen LogP contribution in [0.2, 0.25) is 0 Å². The largest absolute Gasteiger partial charge is 0.465 e. The minimum Gasteiger partial charge on any atom is -0.465 e. The van der Waals surface area contributed by atoms with Gasteiger partial charge in [0.1, 0.15) is 34.6 Å². The molecule has 11 aromatic rings. The maximum atomic E-state index is 12.8. The maximum Gasteiger partial charge on any atom is 0.317 e. The first kappa shape index (κ1) is 70.5. The number of ether oxygens (including phenoxy) is 2. The Morgan fingerprint density at radius 3 is 1.08 bits per heavy atom. The number of nitrogens with one attached hydrogen (secondary N) is 2. The molecule has 0 amide bonds. The Balaban J connectivity index is 1.13. The molecule has 5 heterocycles. The van der Waals surface area contributed by atoms with Gasteiger partial charge in [0.2, 0.25) is 0 Å². The van der Waals surface area contributed by atoms with Gasteiger partial charge in [-0.25, -0.2) is 29.9 Å². The summed E-state index contributed by atoms with van der Waals surface area (Å²) < 4.78 is 10.9. The second-order valence-electron chi connectivity index (χ2n) is 35.2. The van der Waals surface area contributed by atoms with Crippen molar-refractivity contribution in [3.8, 4) is 90.1 Å². The van der Waals surface area contributed by atoms with Gasteiger partial charge in [-0.05, 0) is 150 Å². The number of hydrogen-bond donors (Lipinski definition) is 2. The van der Waals surface area contributed by atoms with Crippen LogP contribution in [0.5, 0.6) is 0 Å². The van der Waals surface area contributed by atoms with Crippen molar-refractivity contribution >= 4 is 56.1 Å². The molecule has 13 rings (SSSR count). The summed E-state index contributed by atoms with van der Waals surface area (Å²) in [4.78, 5) is 67.3. The highest BCUT2D eigenvalue weighted by molar-refractivity contribution is 6.14. The first-order valence-electron chi connectivity index (χ1n) is 36.0. The lowest BCUT2D eigenvalue weighted by Gasteiger charge is -2.26. The SMILES string of the molecule is CC(C)(C)OC(=O)CC(=O)OCCCc1cccc(-c2cccc3c4nc5nc(nc6[nH]c(nc7nc(nc([nH]4)c23)-c2cccc(-c3cc(C(C)(C)C)cc(C(C)(C)C)c3)c2-7)c2cccc(-c3cc(C(C)(C)C)cc(C(C)(C)C)c3)c62)-c2cccc(-c3cc(C(C)(C)C)cc(C(C)(C)C)c3)c2-5)c1. The molecule has 0 aliphatic carbocycles. The van der Waals surface area contributed by atoms with E-state index in [0.29, 0.717) is 58.7 Å². The van der Waals surface area contributed by atoms with Crippen LogP contribution in [0.25, 0.3) is 134 Å². The lowest BCUT2D eigenvalue weighted by molar-refractivity contribution is -0.161. The Hall–Kier alpha value is -9.94. The van der Waals surface area contributed by atoms with Gasteiger partial charge in [0.15, 0.2) is 23.3 Å². The molecule has 12 nitrogen and oxygen atoms in total. The van der Waals surface area contributed by atoms with Gasteiger partial charge >= 0.3 is 11.9 Å². The van der Waals surface area contributed by atoms with E-state index >= 15 is 0 Å². The normalized spacial score (nSPS) is 13.0. The van der Waals surface area contributed by atoms with Gasteiger partial charge in [0.05, 0.1) is 6.61 Å². The average Bonchev–Trinajstić information content (AvgIpc) is 1.57. The minimum atomic E-state index is -0.704. The Morgan fingerprint density at radius 1 is 0.343 bits per heavy atom. The van der Waals surface area contributed by atoms with Crippen molar-refractivity contribution in [3.05, 3.63) is 191 Å². The average molecular weight is 1360 g/mol. The van der Waals surface area contributed by atoms with Crippen LogP contribution in [0.4, 0.5) is 0 Å². The number of fused-ring (bicyclic) bond motifs is 20. The Labute approximate surface area is 601 Å². The van der Waals surface area contributed by atoms with E-state index in [4.69, 9.17) is 39.4 Å². The summed E-state index contributed by atoms with van der Waals surface area (Å²) in [6, 6.07) is 55.3. The van der Waals surface area contributed by atoms with Gasteiger partial charge in [-0.3, -0.25) is 9.59 Å². The van der Waals surface area contributed by atoms with Crippen molar-refractivity contribution in [2.24, 2.45) is 0 Å². The number of hydrogen-bond acceptors (Lipinski definition) is 10. The van der Waals surface area contributed by atoms with Gasteiger partial charge in [-0.1, -0.05) is 276 Å². The molecule has 8 bridgehead atoms. The molecule has 0 spiro atoms. The highest BCUT2D eigenvalue weighted by atomic mass is 16.6. The summed E-state index contributed by atoms with van der Waals surface area (Å²) in [6.07, 6.45) is 0.721. The zero-order chi connectivity index (χ0) is 73.1. The van der Waals surface area contributed by atoms with Crippen LogP contribution in [0.1, 0.15) is 197 Å². The highest BCUT2D eigenvalue weighted by Gasteiger charge is 2.32. The Bertz CT molecular complexity index is 5200. The molecule has 522 valence electrons. The van der Waals surface area contributed by atoms with Crippen molar-refractivity contribution in [3.63, 3.8) is 0 Å². The third-order valence-corrected chi connectivity index (χ3v) is 19.7. The first-order chi connectivity index (χ1) is 47.7. The van der Waals surface area contributed by atoms with Crippen molar-refractivity contribution in [1.82, 2.24) is 39.9 Å². The molecule has 0 radical (unpaired) electrons. The molecule has 0 atom stereocenters. The smallest absolute Gasteiger partial charge is 0.317 e. The summed E-state index contributed by atoms with van der Waals surface area (Å²) in [5.74, 6) is 0.793. The van der Waals surface area contributed by atoms with Crippen LogP contribution in [-0.2, 0) is 58.0 Å². The number of benzene rings is 8. The van der Waals surface area contributed by atoms with E-state index in [1.54, 1.807) is 20.8 Å². The van der Waals surface area contributed by atoms with E-state index in [0.717, 1.165) is 93.9 Å². The third kappa shape index (κ3) is 14.2. The second-order valence-corrected chi connectivity index (χ2v) is 35.2. The maximum absolute atomic E-state index is 12.8. The topological polar surface area (TPSA) is 162 Å². The molecule has 12 heteroatoms. The van der Waals surface area contributed by atoms with E-state index in [-0.39, 0.29) is 39.1 Å². The fourth-order valence-corrected chi connectivity index (χ4v) is 13.8. The van der Waals surface area contributed by atoms with Gasteiger partial charge < -0.3 is 19.4 Å². The molecule has 0 fully saturated rings. The predicted octanol–water partition coefficient (Wildman–Crippen LogP) is 22.5. The van der Waals surface area contributed by atoms with E-state index in [9.17, 15) is 9.59 Å². The summed E-state index contributed by atoms with van der Waals surface area (Å²) in [5.41, 5.74) is 20.7. The molecular formula is C90H98N8O4. The number of esters is 2. The fourth-order valence-electron chi connectivity index (χ4n) is 13.8. The fraction of sp³-hybridized carbons (Fsp3) is 0.356. The van der Waals surface area contributed by atoms with Crippen LogP contribution >= 0.6 is 0 Å². The summed E-state index contributed by atoms with van der Waals surface area (Å²) in [7, 11) is 0. The van der Waals surface area contributed by atoms with Crippen molar-refractivity contribution in [2.75, 3.05) is 6.61 Å². The second kappa shape index (κ2) is 25.5. The number of aromatic nitrogens is 8. The van der Waals surface area contributed by atoms with Gasteiger partial charge in [-0.2, -0.15) is 0 Å². The van der Waals surface area contributed by atoms with E-state index in [1.165, 1.54) is 33.4 Å². The van der Waals surface area contributed by atoms with Crippen molar-refractivity contribution < 1.29 is 19.1 Å². The molecule has 2 N–H and O–H groups in total. The number of carbonyl (C=O) groups is 2. The lowest BCUT2D eigenvalue weighted by Crippen LogP contribution is -2.26. The Morgan fingerprint density at radius 2 is 0.686 bits per heavy atom. The molecule has 2 aliphatic heterocycles. The monoisotopic (exact) mass is 1350 g/mol. The van der Waals surface area contributed by atoms with E-state index < -0.39 is 24.0 Å². The molecule has 2 aliphatic rings. The zero-order valence-electron chi connectivity index (χ0n) is 63.6. The lowest BCUT2D eigenvalue weighted by atomic mass is 9.78. The number of aromatic amines is 2. The molecule has 0 saturated heterocycles. The van der Waals surface area contributed by atoms with Gasteiger partial charge in [-0.15, -0.1) is 0 Å². The van der Waals surface area contributed by atoms with Crippen LogP contribution in [0, 0.1) is 0 Å². The zero-order valence-corrected chi connectivity index (χ0v) is 63.6. The highest BCUT2D eigenvalue weighted by Crippen LogP contribution is 2.48. The van der Waals surface area contributed by atoms with E-state index in [1.807, 2.05) is 0 Å². The minimum absolute atomic E-state index is 0.146. The first-order valence-corrected chi connectivity index (χ1v) is 36.0. The number of rotatable bonds is 10. The predicted molar refractivity (Wildman–Crippen MR) is 420 cm³/mol. The number of aryl methyl sites for hydroxylation is 1. The standard InChI is InChI=1S/C90H98N8O4/c1-84(2,3)56-41-53(42-57(47-56)85(4,5)6)63-32-24-36-67-73(63)82-94-77(67)92-80-72-62(52-30-22-28-51(40-52)29-27-39-101-70(99)50-71(100)102-90(19,20)21)31-23-35-66(72)76(91-80)93-81-74-64(54-43-58(86(7,8)9)48-59(44-54)87(10,11)12)33-25-37-68(74)78(95-81)97-83-75-65(34-26-38-69(75)79(96-82)98-83)55-45-60(88(13,14)15)49-61(46-55)89(16,17)18/h22-26,28,30-38,40-49H,27,29,39,50H2,1-21H3,(H2,91,92,93,94,95,96,97,98). The van der Waals surface area contributed by atoms with Crippen LogP contribution in [0.3, 0.4) is 0 Å². The number of nitrogens with zero attached hydrogens (tertiary/aromatic N) is 6. The van der Waals surface area contributed by atoms with Crippen molar-refractivity contribution in [1.29, 1.82) is 0 Å². The molecule has 8 aromatic carbocycles. The molecule has 0 saturated carbocycles. The molecule has 0 unspecified atom stereocenters.